The molecule has 3 saturated heterocycles. The Morgan fingerprint density at radius 3 is 1.12 bits per heavy atom. The molecule has 6 aliphatic heterocycles. The number of rotatable bonds is 6. The lowest BCUT2D eigenvalue weighted by molar-refractivity contribution is 0.0557. The number of hydrogen-bond acceptors (Lipinski definition) is 10. The fourth-order valence-corrected chi connectivity index (χ4v) is 6.37. The van der Waals surface area contributed by atoms with Crippen molar-refractivity contribution >= 4 is 17.9 Å². The molecule has 0 saturated carbocycles. The Morgan fingerprint density at radius 1 is 0.441 bits per heavy atom. The lowest BCUT2D eigenvalue weighted by Gasteiger charge is -2.48. The summed E-state index contributed by atoms with van der Waals surface area (Å²) in [4.78, 5) is 32.6. The molecule has 6 aliphatic rings. The predicted molar refractivity (Wildman–Crippen MR) is 136 cm³/mol. The van der Waals surface area contributed by atoms with E-state index in [9.17, 15) is 0 Å². The molecule has 6 heterocycles. The number of hydrogen-bond donors (Lipinski definition) is 0. The first-order valence-electron chi connectivity index (χ1n) is 13.7. The van der Waals surface area contributed by atoms with E-state index in [0.29, 0.717) is 0 Å². The summed E-state index contributed by atoms with van der Waals surface area (Å²) in [6.45, 7) is 15.9. The molecule has 0 spiro atoms. The smallest absolute Gasteiger partial charge is 0.197 e. The quantitative estimate of drug-likeness (QED) is 0.559. The van der Waals surface area contributed by atoms with E-state index in [1.807, 2.05) is 0 Å². The van der Waals surface area contributed by atoms with Crippen molar-refractivity contribution in [2.45, 2.75) is 38.5 Å². The summed E-state index contributed by atoms with van der Waals surface area (Å²) in [5.74, 6) is 3.69. The van der Waals surface area contributed by atoms with Gasteiger partial charge in [-0.25, -0.2) is 0 Å². The molecule has 0 unspecified atom stereocenters. The van der Waals surface area contributed by atoms with E-state index in [4.69, 9.17) is 15.0 Å². The molecule has 0 radical (unpaired) electrons. The maximum Gasteiger partial charge on any atom is 0.197 e. The third kappa shape index (κ3) is 4.65. The number of fused-ring (bicyclic) bond motifs is 3. The summed E-state index contributed by atoms with van der Waals surface area (Å²) < 4.78 is 0. The second kappa shape index (κ2) is 10.2. The Hall–Kier alpha value is -2.23. The summed E-state index contributed by atoms with van der Waals surface area (Å²) in [6, 6.07) is 0. The van der Waals surface area contributed by atoms with Crippen LogP contribution in [0.5, 0.6) is 0 Å². The second-order valence-corrected chi connectivity index (χ2v) is 10.5. The first-order valence-corrected chi connectivity index (χ1v) is 13.7. The largest absolute Gasteiger partial charge is 0.343 e. The van der Waals surface area contributed by atoms with Crippen molar-refractivity contribution in [2.75, 3.05) is 98.5 Å². The van der Waals surface area contributed by atoms with Crippen LogP contribution in [0.3, 0.4) is 0 Å². The molecule has 0 N–H and O–H groups in total. The van der Waals surface area contributed by atoms with Crippen LogP contribution < -0.4 is 0 Å². The minimum atomic E-state index is 0.920. The molecule has 0 aromatic heterocycles. The van der Waals surface area contributed by atoms with Gasteiger partial charge in [0, 0.05) is 78.5 Å². The van der Waals surface area contributed by atoms with Crippen LogP contribution in [0, 0.1) is 0 Å². The van der Waals surface area contributed by atoms with Crippen LogP contribution in [0.4, 0.5) is 0 Å². The van der Waals surface area contributed by atoms with E-state index < -0.39 is 0 Å². The summed E-state index contributed by atoms with van der Waals surface area (Å²) in [7, 11) is 0. The van der Waals surface area contributed by atoms with Gasteiger partial charge in [-0.1, -0.05) is 0 Å². The highest BCUT2D eigenvalue weighted by molar-refractivity contribution is 5.82. The zero-order valence-electron chi connectivity index (χ0n) is 20.8. The first-order chi connectivity index (χ1) is 16.8. The van der Waals surface area contributed by atoms with Crippen LogP contribution in [-0.2, 0) is 0 Å². The standard InChI is InChI=1S/C24H42N10/c1-7-25-22-29(10-1)13-4-16-32(22)19-28(20-33-17-5-14-30-11-2-8-26-23(30)33)21-34-18-6-15-31-12-3-9-27-24(31)34/h1-21H2. The molecule has 188 valence electrons. The molecule has 34 heavy (non-hydrogen) atoms. The van der Waals surface area contributed by atoms with Crippen LogP contribution >= 0.6 is 0 Å². The third-order valence-corrected chi connectivity index (χ3v) is 7.90. The molecule has 0 bridgehead atoms. The van der Waals surface area contributed by atoms with Gasteiger partial charge in [0.2, 0.25) is 0 Å². The topological polar surface area (TPSA) is 59.8 Å². The van der Waals surface area contributed by atoms with Gasteiger partial charge in [0.15, 0.2) is 17.9 Å². The molecule has 0 atom stereocenters. The van der Waals surface area contributed by atoms with Crippen molar-refractivity contribution in [3.63, 3.8) is 0 Å². The average Bonchev–Trinajstić information content (AvgIpc) is 2.89. The minimum absolute atomic E-state index is 0.920. The highest BCUT2D eigenvalue weighted by atomic mass is 15.5. The highest BCUT2D eigenvalue weighted by Gasteiger charge is 2.33. The van der Waals surface area contributed by atoms with Crippen molar-refractivity contribution in [1.29, 1.82) is 0 Å². The van der Waals surface area contributed by atoms with E-state index in [2.05, 4.69) is 34.3 Å². The van der Waals surface area contributed by atoms with Crippen LogP contribution in [0.15, 0.2) is 15.0 Å². The molecule has 0 aromatic carbocycles. The first kappa shape index (κ1) is 22.2. The lowest BCUT2D eigenvalue weighted by atomic mass is 10.2. The van der Waals surface area contributed by atoms with Gasteiger partial charge in [0.25, 0.3) is 0 Å². The van der Waals surface area contributed by atoms with Gasteiger partial charge in [0.05, 0.1) is 20.0 Å². The Morgan fingerprint density at radius 2 is 0.765 bits per heavy atom. The molecule has 0 aliphatic carbocycles. The number of guanidine groups is 3. The van der Waals surface area contributed by atoms with Gasteiger partial charge in [-0.15, -0.1) is 0 Å². The minimum Gasteiger partial charge on any atom is -0.343 e. The normalized spacial score (nSPS) is 25.5. The van der Waals surface area contributed by atoms with E-state index >= 15 is 0 Å². The third-order valence-electron chi connectivity index (χ3n) is 7.90. The zero-order valence-corrected chi connectivity index (χ0v) is 20.8. The molecule has 3 fully saturated rings. The Balaban J connectivity index is 1.22. The molecule has 10 heteroatoms. The van der Waals surface area contributed by atoms with Crippen molar-refractivity contribution in [3.8, 4) is 0 Å². The fourth-order valence-electron chi connectivity index (χ4n) is 6.37. The summed E-state index contributed by atoms with van der Waals surface area (Å²) in [6.07, 6.45) is 7.24. The van der Waals surface area contributed by atoms with Crippen LogP contribution in [0.2, 0.25) is 0 Å². The molecule has 10 nitrogen and oxygen atoms in total. The number of aliphatic imine (C=N–C) groups is 3. The molecular weight excluding hydrogens is 428 g/mol. The van der Waals surface area contributed by atoms with E-state index in [-0.39, 0.29) is 0 Å². The van der Waals surface area contributed by atoms with Crippen LogP contribution in [-0.4, -0.2) is 151 Å². The van der Waals surface area contributed by atoms with Crippen molar-refractivity contribution < 1.29 is 0 Å². The summed E-state index contributed by atoms with van der Waals surface area (Å²) in [5, 5.41) is 0. The Kier molecular flexibility index (Phi) is 6.66. The van der Waals surface area contributed by atoms with Crippen molar-refractivity contribution in [1.82, 2.24) is 34.3 Å². The van der Waals surface area contributed by atoms with Crippen molar-refractivity contribution in [2.24, 2.45) is 15.0 Å². The Bertz CT molecular complexity index is 705. The lowest BCUT2D eigenvalue weighted by Crippen LogP contribution is -2.61. The molecule has 0 amide bonds. The fraction of sp³-hybridized carbons (Fsp3) is 0.875. The maximum absolute atomic E-state index is 4.96. The zero-order chi connectivity index (χ0) is 22.7. The summed E-state index contributed by atoms with van der Waals surface area (Å²) in [5.41, 5.74) is 0. The molecular formula is C24H42N10. The van der Waals surface area contributed by atoms with Gasteiger partial charge in [-0.05, 0) is 38.5 Å². The summed E-state index contributed by atoms with van der Waals surface area (Å²) >= 11 is 0. The van der Waals surface area contributed by atoms with Gasteiger partial charge in [0.1, 0.15) is 0 Å². The van der Waals surface area contributed by atoms with E-state index in [0.717, 1.165) is 98.5 Å². The van der Waals surface area contributed by atoms with E-state index in [1.54, 1.807) is 0 Å². The van der Waals surface area contributed by atoms with E-state index in [1.165, 1.54) is 56.4 Å². The average molecular weight is 471 g/mol. The van der Waals surface area contributed by atoms with Gasteiger partial charge >= 0.3 is 0 Å². The van der Waals surface area contributed by atoms with Gasteiger partial charge < -0.3 is 29.4 Å². The molecule has 6 rings (SSSR count). The van der Waals surface area contributed by atoms with Gasteiger partial charge in [-0.2, -0.15) is 0 Å². The van der Waals surface area contributed by atoms with Crippen molar-refractivity contribution in [3.05, 3.63) is 0 Å². The molecule has 0 aromatic rings. The SMILES string of the molecule is C1CN=C2N(C1)CCCN2CN(CN1CCCN2CCCN=C21)CN1CCCN2CCCN=C21. The second-order valence-electron chi connectivity index (χ2n) is 10.5. The Labute approximate surface area is 204 Å². The highest BCUT2D eigenvalue weighted by Crippen LogP contribution is 2.20. The van der Waals surface area contributed by atoms with Crippen LogP contribution in [0.25, 0.3) is 0 Å². The number of nitrogens with zero attached hydrogens (tertiary/aromatic N) is 10. The van der Waals surface area contributed by atoms with Gasteiger partial charge in [-0.3, -0.25) is 19.9 Å². The predicted octanol–water partition coefficient (Wildman–Crippen LogP) is 0.463. The monoisotopic (exact) mass is 470 g/mol. The maximum atomic E-state index is 4.96. The van der Waals surface area contributed by atoms with Crippen LogP contribution in [0.1, 0.15) is 38.5 Å².